The van der Waals surface area contributed by atoms with Gasteiger partial charge in [-0.15, -0.1) is 0 Å². The normalized spacial score (nSPS) is 16.8. The number of hydrogen-bond acceptors (Lipinski definition) is 5. The molecule has 0 aliphatic carbocycles. The number of fused-ring (bicyclic) bond motifs is 2. The summed E-state index contributed by atoms with van der Waals surface area (Å²) in [6.45, 7) is 1.16. The number of amides is 1. The number of ether oxygens (including phenoxy) is 1. The third-order valence-electron chi connectivity index (χ3n) is 4.88. The largest absolute Gasteiger partial charge is 0.451 e. The molecule has 1 saturated heterocycles. The van der Waals surface area contributed by atoms with Gasteiger partial charge in [-0.2, -0.15) is 0 Å². The molecule has 1 atom stereocenters. The topological polar surface area (TPSA) is 55.6 Å². The molecule has 5 rings (SSSR count). The van der Waals surface area contributed by atoms with E-state index in [1.807, 2.05) is 36.4 Å². The average molecular weight is 413 g/mol. The van der Waals surface area contributed by atoms with Crippen molar-refractivity contribution in [1.82, 2.24) is 4.98 Å². The van der Waals surface area contributed by atoms with Gasteiger partial charge in [-0.05, 0) is 37.1 Å². The summed E-state index contributed by atoms with van der Waals surface area (Å²) in [6.07, 6.45) is 1.93. The number of benzene rings is 2. The monoisotopic (exact) mass is 412 g/mol. The van der Waals surface area contributed by atoms with Gasteiger partial charge in [0.2, 0.25) is 0 Å². The number of aromatic nitrogens is 1. The SMILES string of the molecule is O=C(c1cc2ccccc2o1)N(C[C@H]1CCCO1)c1nc2c(Cl)cccc2s1. The van der Waals surface area contributed by atoms with Gasteiger partial charge < -0.3 is 9.15 Å². The molecule has 28 heavy (non-hydrogen) atoms. The van der Waals surface area contributed by atoms with Crippen molar-refractivity contribution in [2.24, 2.45) is 0 Å². The molecule has 3 heterocycles. The minimum Gasteiger partial charge on any atom is -0.451 e. The molecular weight excluding hydrogens is 396 g/mol. The van der Waals surface area contributed by atoms with Crippen molar-refractivity contribution < 1.29 is 13.9 Å². The molecule has 1 amide bonds. The minimum absolute atomic E-state index is 0.00388. The molecule has 5 nitrogen and oxygen atoms in total. The van der Waals surface area contributed by atoms with Crippen molar-refractivity contribution in [3.63, 3.8) is 0 Å². The van der Waals surface area contributed by atoms with E-state index in [0.717, 1.165) is 29.5 Å². The quantitative estimate of drug-likeness (QED) is 0.442. The zero-order chi connectivity index (χ0) is 19.1. The van der Waals surface area contributed by atoms with Crippen molar-refractivity contribution in [1.29, 1.82) is 0 Å². The van der Waals surface area contributed by atoms with E-state index in [1.165, 1.54) is 11.3 Å². The van der Waals surface area contributed by atoms with E-state index in [4.69, 9.17) is 20.8 Å². The first-order valence-electron chi connectivity index (χ1n) is 9.16. The number of halogens is 1. The number of carbonyl (C=O) groups is 1. The highest BCUT2D eigenvalue weighted by Gasteiger charge is 2.29. The van der Waals surface area contributed by atoms with E-state index in [1.54, 1.807) is 17.0 Å². The molecule has 0 spiro atoms. The summed E-state index contributed by atoms with van der Waals surface area (Å²) in [5, 5.41) is 2.08. The second-order valence-electron chi connectivity index (χ2n) is 6.78. The van der Waals surface area contributed by atoms with Gasteiger partial charge in [0.1, 0.15) is 11.1 Å². The maximum Gasteiger partial charge on any atom is 0.295 e. The fourth-order valence-electron chi connectivity index (χ4n) is 3.48. The van der Waals surface area contributed by atoms with Crippen LogP contribution in [0.5, 0.6) is 0 Å². The molecule has 2 aromatic heterocycles. The summed E-state index contributed by atoms with van der Waals surface area (Å²) in [4.78, 5) is 19.7. The zero-order valence-corrected chi connectivity index (χ0v) is 16.5. The van der Waals surface area contributed by atoms with Crippen molar-refractivity contribution in [2.45, 2.75) is 18.9 Å². The van der Waals surface area contributed by atoms with Crippen LogP contribution in [0, 0.1) is 0 Å². The lowest BCUT2D eigenvalue weighted by atomic mass is 10.2. The zero-order valence-electron chi connectivity index (χ0n) is 14.9. The second kappa shape index (κ2) is 7.20. The van der Waals surface area contributed by atoms with Gasteiger partial charge in [-0.1, -0.05) is 47.2 Å². The van der Waals surface area contributed by atoms with Gasteiger partial charge in [0.05, 0.1) is 22.4 Å². The maximum absolute atomic E-state index is 13.4. The number of hydrogen-bond donors (Lipinski definition) is 0. The van der Waals surface area contributed by atoms with E-state index in [9.17, 15) is 4.79 Å². The number of para-hydroxylation sites is 2. The standard InChI is InChI=1S/C21H17ClN2O3S/c22-15-7-3-9-18-19(15)23-21(28-18)24(12-14-6-4-10-26-14)20(25)17-11-13-5-1-2-8-16(13)27-17/h1-3,5,7-9,11,14H,4,6,10,12H2/t14-/m1/s1. The summed E-state index contributed by atoms with van der Waals surface area (Å²) in [6, 6.07) is 15.0. The Labute approximate surface area is 170 Å². The molecule has 1 aliphatic rings. The summed E-state index contributed by atoms with van der Waals surface area (Å²) in [5.74, 6) is 0.0754. The van der Waals surface area contributed by atoms with E-state index < -0.39 is 0 Å². The van der Waals surface area contributed by atoms with Crippen molar-refractivity contribution >= 4 is 55.2 Å². The summed E-state index contributed by atoms with van der Waals surface area (Å²) >= 11 is 7.74. The van der Waals surface area contributed by atoms with Gasteiger partial charge in [0.15, 0.2) is 10.9 Å². The molecule has 0 unspecified atom stereocenters. The van der Waals surface area contributed by atoms with Crippen LogP contribution in [-0.4, -0.2) is 30.1 Å². The maximum atomic E-state index is 13.4. The lowest BCUT2D eigenvalue weighted by Gasteiger charge is -2.22. The minimum atomic E-state index is -0.220. The van der Waals surface area contributed by atoms with Crippen LogP contribution in [-0.2, 0) is 4.74 Å². The average Bonchev–Trinajstić information content (AvgIpc) is 3.44. The van der Waals surface area contributed by atoms with Crippen LogP contribution in [0.1, 0.15) is 23.4 Å². The highest BCUT2D eigenvalue weighted by molar-refractivity contribution is 7.22. The molecule has 4 aromatic rings. The van der Waals surface area contributed by atoms with Crippen LogP contribution in [0.3, 0.4) is 0 Å². The first kappa shape index (κ1) is 17.7. The summed E-state index contributed by atoms with van der Waals surface area (Å²) in [5.41, 5.74) is 1.40. The van der Waals surface area contributed by atoms with E-state index >= 15 is 0 Å². The Morgan fingerprint density at radius 1 is 1.25 bits per heavy atom. The molecular formula is C21H17ClN2O3S. The van der Waals surface area contributed by atoms with Crippen LogP contribution >= 0.6 is 22.9 Å². The van der Waals surface area contributed by atoms with E-state index in [0.29, 0.717) is 33.6 Å². The van der Waals surface area contributed by atoms with Crippen LogP contribution < -0.4 is 4.90 Å². The second-order valence-corrected chi connectivity index (χ2v) is 8.20. The predicted molar refractivity (Wildman–Crippen MR) is 111 cm³/mol. The molecule has 0 saturated carbocycles. The molecule has 1 aliphatic heterocycles. The fourth-order valence-corrected chi connectivity index (χ4v) is 4.75. The Morgan fingerprint density at radius 3 is 2.93 bits per heavy atom. The highest BCUT2D eigenvalue weighted by Crippen LogP contribution is 2.34. The fraction of sp³-hybridized carbons (Fsp3) is 0.238. The number of anilines is 1. The smallest absolute Gasteiger partial charge is 0.295 e. The van der Waals surface area contributed by atoms with Crippen molar-refractivity contribution in [2.75, 3.05) is 18.1 Å². The van der Waals surface area contributed by atoms with Crippen molar-refractivity contribution in [3.05, 3.63) is 59.3 Å². The Morgan fingerprint density at radius 2 is 2.14 bits per heavy atom. The third-order valence-corrected chi connectivity index (χ3v) is 6.23. The Hall–Kier alpha value is -2.41. The number of rotatable bonds is 4. The van der Waals surface area contributed by atoms with Crippen LogP contribution in [0.15, 0.2) is 52.9 Å². The lowest BCUT2D eigenvalue weighted by Crippen LogP contribution is -2.37. The molecule has 1 fully saturated rings. The Kier molecular flexibility index (Phi) is 4.55. The van der Waals surface area contributed by atoms with E-state index in [-0.39, 0.29) is 12.0 Å². The van der Waals surface area contributed by atoms with Crippen molar-refractivity contribution in [3.8, 4) is 0 Å². The highest BCUT2D eigenvalue weighted by atomic mass is 35.5. The lowest BCUT2D eigenvalue weighted by molar-refractivity contribution is 0.0896. The van der Waals surface area contributed by atoms with Gasteiger partial charge in [0, 0.05) is 12.0 Å². The number of carbonyl (C=O) groups excluding carboxylic acids is 1. The van der Waals surface area contributed by atoms with Gasteiger partial charge in [0.25, 0.3) is 5.91 Å². The molecule has 0 radical (unpaired) electrons. The van der Waals surface area contributed by atoms with E-state index in [2.05, 4.69) is 4.98 Å². The first-order valence-corrected chi connectivity index (χ1v) is 10.4. The summed E-state index contributed by atoms with van der Waals surface area (Å²) < 4.78 is 12.5. The van der Waals surface area contributed by atoms with Crippen LogP contribution in [0.4, 0.5) is 5.13 Å². The molecule has 142 valence electrons. The van der Waals surface area contributed by atoms with Crippen LogP contribution in [0.25, 0.3) is 21.2 Å². The number of thiazole rings is 1. The third kappa shape index (κ3) is 3.17. The Balaban J connectivity index is 1.56. The molecule has 2 aromatic carbocycles. The van der Waals surface area contributed by atoms with Gasteiger partial charge >= 0.3 is 0 Å². The van der Waals surface area contributed by atoms with Crippen LogP contribution in [0.2, 0.25) is 5.02 Å². The van der Waals surface area contributed by atoms with Gasteiger partial charge in [-0.3, -0.25) is 9.69 Å². The summed E-state index contributed by atoms with van der Waals surface area (Å²) in [7, 11) is 0. The molecule has 7 heteroatoms. The number of nitrogens with zero attached hydrogens (tertiary/aromatic N) is 2. The molecule has 0 N–H and O–H groups in total. The predicted octanol–water partition coefficient (Wildman–Crippen LogP) is 5.52. The van der Waals surface area contributed by atoms with Gasteiger partial charge in [-0.25, -0.2) is 4.98 Å². The number of furan rings is 1. The molecule has 0 bridgehead atoms. The first-order chi connectivity index (χ1) is 13.7. The Bertz CT molecular complexity index is 1130.